The van der Waals surface area contributed by atoms with E-state index in [-0.39, 0.29) is 11.6 Å². The van der Waals surface area contributed by atoms with Gasteiger partial charge in [-0.3, -0.25) is 9.78 Å². The van der Waals surface area contributed by atoms with Crippen molar-refractivity contribution >= 4 is 11.9 Å². The molecule has 0 unspecified atom stereocenters. The average Bonchev–Trinajstić information content (AvgIpc) is 2.38. The third kappa shape index (κ3) is 3.08. The van der Waals surface area contributed by atoms with Crippen LogP contribution in [0.4, 0.5) is 4.39 Å². The van der Waals surface area contributed by atoms with E-state index in [0.29, 0.717) is 11.3 Å². The normalized spacial score (nSPS) is 10.6. The Morgan fingerprint density at radius 3 is 2.53 bits per heavy atom. The van der Waals surface area contributed by atoms with Gasteiger partial charge in [0.2, 0.25) is 0 Å². The monoisotopic (exact) mass is 227 g/mol. The molecule has 2 aromatic rings. The lowest BCUT2D eigenvalue weighted by Gasteiger charge is -1.95. The van der Waals surface area contributed by atoms with E-state index < -0.39 is 0 Å². The zero-order chi connectivity index (χ0) is 12.1. The topological polar surface area (TPSA) is 30.0 Å². The fourth-order valence-electron chi connectivity index (χ4n) is 1.35. The predicted octanol–water partition coefficient (Wildman–Crippen LogP) is 3.12. The molecule has 0 saturated carbocycles. The van der Waals surface area contributed by atoms with Crippen LogP contribution in [0.25, 0.3) is 6.08 Å². The zero-order valence-corrected chi connectivity index (χ0v) is 9.01. The summed E-state index contributed by atoms with van der Waals surface area (Å²) in [6, 6.07) is 10.9. The van der Waals surface area contributed by atoms with Gasteiger partial charge in [0.15, 0.2) is 5.78 Å². The molecule has 84 valence electrons. The summed E-state index contributed by atoms with van der Waals surface area (Å²) in [6.07, 6.45) is 4.71. The van der Waals surface area contributed by atoms with Crippen molar-refractivity contribution in [2.24, 2.45) is 0 Å². The Balaban J connectivity index is 2.12. The second-order valence-corrected chi connectivity index (χ2v) is 3.46. The van der Waals surface area contributed by atoms with E-state index >= 15 is 0 Å². The fraction of sp³-hybridized carbons (Fsp3) is 0. The maximum Gasteiger partial charge on any atom is 0.185 e. The molecule has 3 heteroatoms. The summed E-state index contributed by atoms with van der Waals surface area (Å²) in [6.45, 7) is 0. The number of rotatable bonds is 3. The minimum Gasteiger partial charge on any atom is -0.289 e. The van der Waals surface area contributed by atoms with Crippen molar-refractivity contribution in [2.45, 2.75) is 0 Å². The van der Waals surface area contributed by atoms with Crippen LogP contribution in [0.15, 0.2) is 54.7 Å². The van der Waals surface area contributed by atoms with E-state index in [0.717, 1.165) is 0 Å². The molecule has 2 rings (SSSR count). The first-order valence-electron chi connectivity index (χ1n) is 5.15. The van der Waals surface area contributed by atoms with Crippen molar-refractivity contribution < 1.29 is 9.18 Å². The highest BCUT2D eigenvalue weighted by molar-refractivity contribution is 6.06. The summed E-state index contributed by atoms with van der Waals surface area (Å²) in [7, 11) is 0. The highest BCUT2D eigenvalue weighted by Crippen LogP contribution is 2.05. The molecule has 0 saturated heterocycles. The summed E-state index contributed by atoms with van der Waals surface area (Å²) in [5.41, 5.74) is 1.17. The minimum atomic E-state index is -0.352. The molecule has 0 spiro atoms. The molecule has 1 aromatic carbocycles. The van der Waals surface area contributed by atoms with Gasteiger partial charge in [-0.05, 0) is 48.6 Å². The quantitative estimate of drug-likeness (QED) is 0.595. The Kier molecular flexibility index (Phi) is 3.40. The largest absolute Gasteiger partial charge is 0.289 e. The number of carbonyl (C=O) groups excluding carboxylic acids is 1. The Morgan fingerprint density at radius 2 is 1.88 bits per heavy atom. The van der Waals surface area contributed by atoms with E-state index in [1.54, 1.807) is 24.4 Å². The van der Waals surface area contributed by atoms with Crippen molar-refractivity contribution in [3.8, 4) is 0 Å². The lowest BCUT2D eigenvalue weighted by molar-refractivity contribution is 0.104. The Labute approximate surface area is 98.4 Å². The smallest absolute Gasteiger partial charge is 0.185 e. The van der Waals surface area contributed by atoms with Gasteiger partial charge in [0, 0.05) is 11.8 Å². The number of hydrogen-bond acceptors (Lipinski definition) is 2. The van der Waals surface area contributed by atoms with Crippen molar-refractivity contribution in [1.29, 1.82) is 0 Å². The van der Waals surface area contributed by atoms with E-state index in [4.69, 9.17) is 0 Å². The highest BCUT2D eigenvalue weighted by atomic mass is 19.1. The van der Waals surface area contributed by atoms with Crippen molar-refractivity contribution in [3.63, 3.8) is 0 Å². The molecule has 1 heterocycles. The Morgan fingerprint density at radius 1 is 1.12 bits per heavy atom. The van der Waals surface area contributed by atoms with Crippen LogP contribution in [0.1, 0.15) is 16.1 Å². The summed E-state index contributed by atoms with van der Waals surface area (Å²) >= 11 is 0. The summed E-state index contributed by atoms with van der Waals surface area (Å²) in [5.74, 6) is -0.522. The minimum absolute atomic E-state index is 0.171. The standard InChI is InChI=1S/C14H10FNO/c15-12-6-4-11(5-7-12)14(17)9-8-13-3-1-2-10-16-13/h1-10H/b9-8-. The number of pyridine rings is 1. The van der Waals surface area contributed by atoms with Crippen molar-refractivity contribution in [1.82, 2.24) is 4.98 Å². The van der Waals surface area contributed by atoms with Gasteiger partial charge in [0.05, 0.1) is 5.69 Å². The van der Waals surface area contributed by atoms with Crippen LogP contribution in [0.5, 0.6) is 0 Å². The highest BCUT2D eigenvalue weighted by Gasteiger charge is 2.01. The number of ketones is 1. The second-order valence-electron chi connectivity index (χ2n) is 3.46. The number of allylic oxidation sites excluding steroid dienone is 1. The molecule has 1 aromatic heterocycles. The summed E-state index contributed by atoms with van der Waals surface area (Å²) in [4.78, 5) is 15.8. The maximum absolute atomic E-state index is 12.7. The first-order chi connectivity index (χ1) is 8.25. The molecule has 0 N–H and O–H groups in total. The van der Waals surface area contributed by atoms with E-state index in [9.17, 15) is 9.18 Å². The van der Waals surface area contributed by atoms with Crippen LogP contribution in [0.3, 0.4) is 0 Å². The van der Waals surface area contributed by atoms with Gasteiger partial charge in [-0.2, -0.15) is 0 Å². The van der Waals surface area contributed by atoms with Crippen molar-refractivity contribution in [2.75, 3.05) is 0 Å². The number of benzene rings is 1. The molecule has 0 bridgehead atoms. The van der Waals surface area contributed by atoms with Gasteiger partial charge < -0.3 is 0 Å². The predicted molar refractivity (Wildman–Crippen MR) is 64.0 cm³/mol. The van der Waals surface area contributed by atoms with Gasteiger partial charge in [-0.25, -0.2) is 4.39 Å². The van der Waals surface area contributed by atoms with E-state index in [1.165, 1.54) is 30.3 Å². The Bertz CT molecular complexity index is 532. The third-order valence-electron chi connectivity index (χ3n) is 2.22. The Hall–Kier alpha value is -2.29. The zero-order valence-electron chi connectivity index (χ0n) is 9.01. The second kappa shape index (κ2) is 5.16. The van der Waals surface area contributed by atoms with Gasteiger partial charge in [-0.15, -0.1) is 0 Å². The van der Waals surface area contributed by atoms with Gasteiger partial charge in [0.1, 0.15) is 5.82 Å². The van der Waals surface area contributed by atoms with Crippen LogP contribution in [0, 0.1) is 5.82 Å². The SMILES string of the molecule is O=C(/C=C\c1ccccn1)c1ccc(F)cc1. The maximum atomic E-state index is 12.7. The molecule has 0 radical (unpaired) electrons. The van der Waals surface area contributed by atoms with E-state index in [1.807, 2.05) is 6.07 Å². The number of carbonyl (C=O) groups is 1. The van der Waals surface area contributed by atoms with E-state index in [2.05, 4.69) is 4.98 Å². The molecular formula is C14H10FNO. The number of halogens is 1. The summed E-state index contributed by atoms with van der Waals surface area (Å²) in [5, 5.41) is 0. The van der Waals surface area contributed by atoms with Gasteiger partial charge in [-0.1, -0.05) is 6.07 Å². The molecule has 0 atom stereocenters. The molecule has 0 aliphatic heterocycles. The van der Waals surface area contributed by atoms with Crippen LogP contribution < -0.4 is 0 Å². The molecule has 2 nitrogen and oxygen atoms in total. The molecule has 0 aliphatic carbocycles. The van der Waals surface area contributed by atoms with Gasteiger partial charge in [0.25, 0.3) is 0 Å². The average molecular weight is 227 g/mol. The van der Waals surface area contributed by atoms with Crippen molar-refractivity contribution in [3.05, 3.63) is 71.8 Å². The van der Waals surface area contributed by atoms with Crippen LogP contribution in [-0.4, -0.2) is 10.8 Å². The first kappa shape index (κ1) is 11.2. The fourth-order valence-corrected chi connectivity index (χ4v) is 1.35. The lowest BCUT2D eigenvalue weighted by atomic mass is 10.1. The van der Waals surface area contributed by atoms with Crippen LogP contribution >= 0.6 is 0 Å². The molecule has 0 aliphatic rings. The first-order valence-corrected chi connectivity index (χ1v) is 5.15. The molecule has 0 amide bonds. The van der Waals surface area contributed by atoms with Crippen LogP contribution in [0.2, 0.25) is 0 Å². The molecule has 0 fully saturated rings. The molecule has 17 heavy (non-hydrogen) atoms. The third-order valence-corrected chi connectivity index (χ3v) is 2.22. The number of aromatic nitrogens is 1. The summed E-state index contributed by atoms with van der Waals surface area (Å²) < 4.78 is 12.7. The number of nitrogens with zero attached hydrogens (tertiary/aromatic N) is 1. The lowest BCUT2D eigenvalue weighted by Crippen LogP contribution is -1.94. The number of hydrogen-bond donors (Lipinski definition) is 0. The van der Waals surface area contributed by atoms with Gasteiger partial charge >= 0.3 is 0 Å². The molecular weight excluding hydrogens is 217 g/mol. The van der Waals surface area contributed by atoms with Crippen LogP contribution in [-0.2, 0) is 0 Å².